The summed E-state index contributed by atoms with van der Waals surface area (Å²) >= 11 is 6.38. The summed E-state index contributed by atoms with van der Waals surface area (Å²) < 4.78 is 9.85. The van der Waals surface area contributed by atoms with Crippen LogP contribution < -0.4 is 15.4 Å². The molecule has 0 radical (unpaired) electrons. The zero-order chi connectivity index (χ0) is 20.3. The van der Waals surface area contributed by atoms with Gasteiger partial charge in [0.25, 0.3) is 0 Å². The molecule has 0 saturated heterocycles. The highest BCUT2D eigenvalue weighted by atomic mass is 35.5. The minimum atomic E-state index is -0.794. The van der Waals surface area contributed by atoms with Crippen molar-refractivity contribution in [2.45, 2.75) is 32.7 Å². The van der Waals surface area contributed by atoms with Gasteiger partial charge in [-0.15, -0.1) is 0 Å². The molecule has 0 bridgehead atoms. The molecule has 1 heterocycles. The quantitative estimate of drug-likeness (QED) is 0.599. The fourth-order valence-electron chi connectivity index (χ4n) is 3.49. The van der Waals surface area contributed by atoms with E-state index in [1.165, 1.54) is 11.6 Å². The normalized spacial score (nSPS) is 13.8. The maximum atomic E-state index is 12.8. The molecule has 0 fully saturated rings. The first-order chi connectivity index (χ1) is 13.4. The Balaban J connectivity index is 1.73. The van der Waals surface area contributed by atoms with Gasteiger partial charge in [0.2, 0.25) is 5.91 Å². The van der Waals surface area contributed by atoms with E-state index < -0.39 is 12.2 Å². The summed E-state index contributed by atoms with van der Waals surface area (Å²) in [5, 5.41) is 0.349. The van der Waals surface area contributed by atoms with E-state index >= 15 is 0 Å². The van der Waals surface area contributed by atoms with Gasteiger partial charge < -0.3 is 20.1 Å². The molecule has 2 aromatic carbocycles. The third-order valence-electron chi connectivity index (χ3n) is 4.73. The molecule has 1 aliphatic heterocycles. The van der Waals surface area contributed by atoms with Crippen LogP contribution in [-0.4, -0.2) is 25.2 Å². The lowest BCUT2D eigenvalue weighted by molar-refractivity contribution is -0.118. The van der Waals surface area contributed by atoms with Crippen molar-refractivity contribution >= 4 is 29.4 Å². The smallest absolute Gasteiger partial charge is 0.434 e. The maximum absolute atomic E-state index is 12.8. The van der Waals surface area contributed by atoms with Crippen LogP contribution in [0, 0.1) is 6.92 Å². The van der Waals surface area contributed by atoms with Crippen molar-refractivity contribution in [3.63, 3.8) is 0 Å². The van der Waals surface area contributed by atoms with Crippen LogP contribution in [0.4, 0.5) is 10.5 Å². The number of carbonyl (C=O) groups is 2. The van der Waals surface area contributed by atoms with E-state index in [0.29, 0.717) is 17.1 Å². The first-order valence-electron chi connectivity index (χ1n) is 9.19. The van der Waals surface area contributed by atoms with Crippen molar-refractivity contribution in [2.75, 3.05) is 18.1 Å². The zero-order valence-corrected chi connectivity index (χ0v) is 16.7. The van der Waals surface area contributed by atoms with Gasteiger partial charge in [-0.2, -0.15) is 0 Å². The topological polar surface area (TPSA) is 81.9 Å². The molecular weight excluding hydrogens is 380 g/mol. The monoisotopic (exact) mass is 402 g/mol. The van der Waals surface area contributed by atoms with Crippen LogP contribution in [0.3, 0.4) is 0 Å². The minimum absolute atomic E-state index is 0.0419. The van der Waals surface area contributed by atoms with E-state index in [1.807, 2.05) is 31.2 Å². The number of carbonyl (C=O) groups excluding carboxylic acids is 2. The number of aryl methyl sites for hydroxylation is 1. The number of benzene rings is 2. The van der Waals surface area contributed by atoms with E-state index in [0.717, 1.165) is 17.7 Å². The molecule has 2 N–H and O–H groups in total. The van der Waals surface area contributed by atoms with Crippen molar-refractivity contribution in [3.8, 4) is 5.75 Å². The van der Waals surface area contributed by atoms with Crippen LogP contribution >= 0.6 is 11.6 Å². The summed E-state index contributed by atoms with van der Waals surface area (Å²) in [6, 6.07) is 10.5. The van der Waals surface area contributed by atoms with Crippen molar-refractivity contribution in [3.05, 3.63) is 58.1 Å². The van der Waals surface area contributed by atoms with Gasteiger partial charge in [0.05, 0.1) is 6.61 Å². The van der Waals surface area contributed by atoms with Gasteiger partial charge in [0, 0.05) is 35.8 Å². The molecule has 1 unspecified atom stereocenters. The molecule has 7 heteroatoms. The standard InChI is InChI=1S/C21H23ClN2O4/c1-3-27-21(26)28-15-10-13(2)20(16(22)11-15)17(23)12-19(25)24-9-8-14-6-4-5-7-18(14)24/h4-7,10-11,17H,3,8-9,12,23H2,1-2H3. The molecule has 2 aromatic rings. The second-order valence-corrected chi connectivity index (χ2v) is 7.06. The molecule has 0 aliphatic carbocycles. The second kappa shape index (κ2) is 8.63. The third kappa shape index (κ3) is 4.29. The average molecular weight is 403 g/mol. The van der Waals surface area contributed by atoms with Gasteiger partial charge >= 0.3 is 6.16 Å². The fourth-order valence-corrected chi connectivity index (χ4v) is 3.89. The Labute approximate surface area is 169 Å². The lowest BCUT2D eigenvalue weighted by Crippen LogP contribution is -2.32. The first kappa shape index (κ1) is 20.2. The lowest BCUT2D eigenvalue weighted by atomic mass is 9.98. The van der Waals surface area contributed by atoms with Crippen molar-refractivity contribution in [2.24, 2.45) is 5.73 Å². The Kier molecular flexibility index (Phi) is 6.21. The number of para-hydroxylation sites is 1. The van der Waals surface area contributed by atoms with Crippen LogP contribution in [0.2, 0.25) is 5.02 Å². The van der Waals surface area contributed by atoms with Gasteiger partial charge in [0.15, 0.2) is 0 Å². The number of fused-ring (bicyclic) bond motifs is 1. The van der Waals surface area contributed by atoms with Gasteiger partial charge in [-0.1, -0.05) is 29.8 Å². The van der Waals surface area contributed by atoms with Crippen molar-refractivity contribution < 1.29 is 19.1 Å². The largest absolute Gasteiger partial charge is 0.513 e. The average Bonchev–Trinajstić information content (AvgIpc) is 3.05. The fraction of sp³-hybridized carbons (Fsp3) is 0.333. The van der Waals surface area contributed by atoms with Crippen LogP contribution in [0.15, 0.2) is 36.4 Å². The van der Waals surface area contributed by atoms with Crippen molar-refractivity contribution in [1.82, 2.24) is 0 Å². The highest BCUT2D eigenvalue weighted by Crippen LogP contribution is 2.33. The molecule has 0 spiro atoms. The molecular formula is C21H23ClN2O4. The highest BCUT2D eigenvalue weighted by Gasteiger charge is 2.27. The molecule has 0 saturated carbocycles. The van der Waals surface area contributed by atoms with Crippen LogP contribution in [-0.2, 0) is 16.0 Å². The van der Waals surface area contributed by atoms with Crippen molar-refractivity contribution in [1.29, 1.82) is 0 Å². The SMILES string of the molecule is CCOC(=O)Oc1cc(C)c(C(N)CC(=O)N2CCc3ccccc32)c(Cl)c1. The van der Waals surface area contributed by atoms with E-state index in [1.54, 1.807) is 17.9 Å². The summed E-state index contributed by atoms with van der Waals surface area (Å²) in [6.07, 6.45) is 0.182. The van der Waals surface area contributed by atoms with Gasteiger partial charge in [0.1, 0.15) is 5.75 Å². The van der Waals surface area contributed by atoms with Crippen LogP contribution in [0.25, 0.3) is 0 Å². The van der Waals surface area contributed by atoms with E-state index in [-0.39, 0.29) is 24.7 Å². The number of amides is 1. The number of anilines is 1. The molecule has 0 aromatic heterocycles. The highest BCUT2D eigenvalue weighted by molar-refractivity contribution is 6.31. The number of rotatable bonds is 5. The molecule has 6 nitrogen and oxygen atoms in total. The molecule has 148 valence electrons. The summed E-state index contributed by atoms with van der Waals surface area (Å²) in [5.41, 5.74) is 9.84. The van der Waals surface area contributed by atoms with E-state index in [4.69, 9.17) is 26.8 Å². The minimum Gasteiger partial charge on any atom is -0.434 e. The number of halogens is 1. The zero-order valence-electron chi connectivity index (χ0n) is 15.9. The Morgan fingerprint density at radius 1 is 1.29 bits per heavy atom. The predicted octanol–water partition coefficient (Wildman–Crippen LogP) is 4.16. The number of nitrogens with two attached hydrogens (primary N) is 1. The van der Waals surface area contributed by atoms with E-state index in [9.17, 15) is 9.59 Å². The van der Waals surface area contributed by atoms with Gasteiger partial charge in [-0.25, -0.2) is 4.79 Å². The molecule has 3 rings (SSSR count). The van der Waals surface area contributed by atoms with Gasteiger partial charge in [-0.05, 0) is 49.1 Å². The Bertz CT molecular complexity index is 877. The van der Waals surface area contributed by atoms with Gasteiger partial charge in [-0.3, -0.25) is 4.79 Å². The number of ether oxygens (including phenoxy) is 2. The Morgan fingerprint density at radius 3 is 2.75 bits per heavy atom. The van der Waals surface area contributed by atoms with Crippen LogP contribution in [0.5, 0.6) is 5.75 Å². The number of nitrogens with zero attached hydrogens (tertiary/aromatic N) is 1. The van der Waals surface area contributed by atoms with Crippen LogP contribution in [0.1, 0.15) is 36.1 Å². The Hall–Kier alpha value is -2.57. The maximum Gasteiger partial charge on any atom is 0.513 e. The third-order valence-corrected chi connectivity index (χ3v) is 5.04. The number of hydrogen-bond acceptors (Lipinski definition) is 5. The number of hydrogen-bond donors (Lipinski definition) is 1. The summed E-state index contributed by atoms with van der Waals surface area (Å²) in [6.45, 7) is 4.38. The lowest BCUT2D eigenvalue weighted by Gasteiger charge is -2.22. The molecule has 1 amide bonds. The molecule has 28 heavy (non-hydrogen) atoms. The summed E-state index contributed by atoms with van der Waals surface area (Å²) in [5.74, 6) is 0.233. The molecule has 1 aliphatic rings. The van der Waals surface area contributed by atoms with E-state index in [2.05, 4.69) is 0 Å². The second-order valence-electron chi connectivity index (χ2n) is 6.66. The molecule has 1 atom stereocenters. The Morgan fingerprint density at radius 2 is 2.04 bits per heavy atom. The first-order valence-corrected chi connectivity index (χ1v) is 9.57. The summed E-state index contributed by atoms with van der Waals surface area (Å²) in [7, 11) is 0. The summed E-state index contributed by atoms with van der Waals surface area (Å²) in [4.78, 5) is 26.1. The predicted molar refractivity (Wildman–Crippen MR) is 108 cm³/mol.